The van der Waals surface area contributed by atoms with Gasteiger partial charge in [0.15, 0.2) is 0 Å². The molecule has 2 amide bonds. The topological polar surface area (TPSA) is 61.4 Å². The fraction of sp³-hybridized carbons (Fsp3) is 0.333. The van der Waals surface area contributed by atoms with Gasteiger partial charge in [-0.15, -0.1) is 0 Å². The van der Waals surface area contributed by atoms with Crippen LogP contribution < -0.4 is 15.5 Å². The molecule has 144 valence electrons. The highest BCUT2D eigenvalue weighted by Gasteiger charge is 2.07. The number of benzene rings is 2. The highest BCUT2D eigenvalue weighted by atomic mass is 79.9. The maximum Gasteiger partial charge on any atom is 0.251 e. The summed E-state index contributed by atoms with van der Waals surface area (Å²) in [5.74, 6) is -0.217. The number of amides is 2. The predicted molar refractivity (Wildman–Crippen MR) is 113 cm³/mol. The minimum atomic E-state index is -0.170. The fourth-order valence-corrected chi connectivity index (χ4v) is 2.95. The summed E-state index contributed by atoms with van der Waals surface area (Å²) in [6.07, 6.45) is 1.15. The van der Waals surface area contributed by atoms with E-state index in [1.165, 1.54) is 5.69 Å². The molecule has 0 bridgehead atoms. The van der Waals surface area contributed by atoms with Crippen molar-refractivity contribution in [3.63, 3.8) is 0 Å². The number of carbonyl (C=O) groups is 2. The van der Waals surface area contributed by atoms with Gasteiger partial charge in [-0.2, -0.15) is 0 Å². The Kier molecular flexibility index (Phi) is 8.84. The number of nitrogens with zero attached hydrogens (tertiary/aromatic N) is 1. The highest BCUT2D eigenvalue weighted by molar-refractivity contribution is 9.10. The van der Waals surface area contributed by atoms with E-state index in [1.807, 2.05) is 30.3 Å². The molecule has 0 fully saturated rings. The second-order valence-corrected chi connectivity index (χ2v) is 7.05. The van der Waals surface area contributed by atoms with Crippen LogP contribution >= 0.6 is 15.9 Å². The minimum Gasteiger partial charge on any atom is -0.372 e. The Hall–Kier alpha value is -2.34. The van der Waals surface area contributed by atoms with E-state index in [2.05, 4.69) is 50.5 Å². The number of anilines is 1. The SMILES string of the molecule is CCN(CCCNC(=O)CCNC(=O)c1ccc(Br)cc1)c1ccccc1. The molecule has 0 unspecified atom stereocenters. The van der Waals surface area contributed by atoms with Crippen LogP contribution in [0.2, 0.25) is 0 Å². The molecule has 0 aliphatic heterocycles. The van der Waals surface area contributed by atoms with Crippen LogP contribution in [-0.2, 0) is 4.79 Å². The Bertz CT molecular complexity index is 720. The van der Waals surface area contributed by atoms with E-state index < -0.39 is 0 Å². The highest BCUT2D eigenvalue weighted by Crippen LogP contribution is 2.12. The van der Waals surface area contributed by atoms with E-state index in [1.54, 1.807) is 12.1 Å². The van der Waals surface area contributed by atoms with Gasteiger partial charge >= 0.3 is 0 Å². The van der Waals surface area contributed by atoms with Crippen LogP contribution in [0.5, 0.6) is 0 Å². The van der Waals surface area contributed by atoms with Crippen LogP contribution in [0, 0.1) is 0 Å². The monoisotopic (exact) mass is 431 g/mol. The number of nitrogens with one attached hydrogen (secondary N) is 2. The van der Waals surface area contributed by atoms with Crippen LogP contribution in [0.15, 0.2) is 59.1 Å². The lowest BCUT2D eigenvalue weighted by Gasteiger charge is -2.23. The summed E-state index contributed by atoms with van der Waals surface area (Å²) in [6.45, 7) is 4.90. The molecule has 6 heteroatoms. The van der Waals surface area contributed by atoms with Crippen LogP contribution in [0.25, 0.3) is 0 Å². The second-order valence-electron chi connectivity index (χ2n) is 6.13. The van der Waals surface area contributed by atoms with E-state index in [0.717, 1.165) is 24.0 Å². The van der Waals surface area contributed by atoms with Crippen molar-refractivity contribution in [1.82, 2.24) is 10.6 Å². The van der Waals surface area contributed by atoms with Gasteiger partial charge in [-0.05, 0) is 49.7 Å². The van der Waals surface area contributed by atoms with E-state index in [4.69, 9.17) is 0 Å². The van der Waals surface area contributed by atoms with Gasteiger partial charge < -0.3 is 15.5 Å². The summed E-state index contributed by atoms with van der Waals surface area (Å²) in [6, 6.07) is 17.4. The third-order valence-corrected chi connectivity index (χ3v) is 4.70. The Balaban J connectivity index is 1.60. The third-order valence-electron chi connectivity index (χ3n) is 4.17. The molecule has 0 aliphatic rings. The Morgan fingerprint density at radius 2 is 1.67 bits per heavy atom. The zero-order chi connectivity index (χ0) is 19.5. The molecule has 0 saturated carbocycles. The summed E-state index contributed by atoms with van der Waals surface area (Å²) < 4.78 is 0.923. The quantitative estimate of drug-likeness (QED) is 0.564. The van der Waals surface area contributed by atoms with Gasteiger partial charge in [0.25, 0.3) is 5.91 Å². The first-order valence-electron chi connectivity index (χ1n) is 9.20. The smallest absolute Gasteiger partial charge is 0.251 e. The molecule has 0 radical (unpaired) electrons. The van der Waals surface area contributed by atoms with E-state index in [0.29, 0.717) is 18.7 Å². The van der Waals surface area contributed by atoms with Gasteiger partial charge in [0.05, 0.1) is 0 Å². The molecule has 2 aromatic carbocycles. The largest absolute Gasteiger partial charge is 0.372 e. The van der Waals surface area contributed by atoms with Gasteiger partial charge in [0, 0.05) is 48.3 Å². The molecule has 0 aromatic heterocycles. The molecule has 0 heterocycles. The first-order valence-corrected chi connectivity index (χ1v) is 10.00. The normalized spacial score (nSPS) is 10.3. The van der Waals surface area contributed by atoms with Gasteiger partial charge in [0.1, 0.15) is 0 Å². The molecule has 0 aliphatic carbocycles. The molecular weight excluding hydrogens is 406 g/mol. The van der Waals surface area contributed by atoms with Gasteiger partial charge in [-0.1, -0.05) is 34.1 Å². The van der Waals surface area contributed by atoms with Crippen molar-refractivity contribution >= 4 is 33.4 Å². The summed E-state index contributed by atoms with van der Waals surface area (Å²) >= 11 is 3.34. The molecule has 2 aromatic rings. The van der Waals surface area contributed by atoms with Crippen LogP contribution in [-0.4, -0.2) is 38.0 Å². The number of rotatable bonds is 10. The molecule has 5 nitrogen and oxygen atoms in total. The van der Waals surface area contributed by atoms with E-state index >= 15 is 0 Å². The molecule has 2 rings (SSSR count). The fourth-order valence-electron chi connectivity index (χ4n) is 2.69. The Morgan fingerprint density at radius 3 is 2.33 bits per heavy atom. The number of hydrogen-bond donors (Lipinski definition) is 2. The average Bonchev–Trinajstić information content (AvgIpc) is 2.69. The van der Waals surface area contributed by atoms with Crippen molar-refractivity contribution in [2.75, 3.05) is 31.1 Å². The first-order chi connectivity index (χ1) is 13.1. The van der Waals surface area contributed by atoms with Crippen molar-refractivity contribution in [3.8, 4) is 0 Å². The standard InChI is InChI=1S/C21H26BrN3O2/c1-2-25(19-7-4-3-5-8-19)16-6-14-23-20(26)13-15-24-21(27)17-9-11-18(22)12-10-17/h3-5,7-12H,2,6,13-16H2,1H3,(H,23,26)(H,24,27). The summed E-state index contributed by atoms with van der Waals surface area (Å²) in [7, 11) is 0. The van der Waals surface area contributed by atoms with Crippen LogP contribution in [0.4, 0.5) is 5.69 Å². The van der Waals surface area contributed by atoms with E-state index in [9.17, 15) is 9.59 Å². The molecule has 0 saturated heterocycles. The maximum absolute atomic E-state index is 12.0. The summed E-state index contributed by atoms with van der Waals surface area (Å²) in [5.41, 5.74) is 1.78. The summed E-state index contributed by atoms with van der Waals surface area (Å²) in [5, 5.41) is 5.68. The molecule has 0 spiro atoms. The molecule has 0 atom stereocenters. The third kappa shape index (κ3) is 7.43. The van der Waals surface area contributed by atoms with Crippen molar-refractivity contribution in [3.05, 3.63) is 64.6 Å². The number of para-hydroxylation sites is 1. The molecule has 27 heavy (non-hydrogen) atoms. The van der Waals surface area contributed by atoms with Crippen LogP contribution in [0.1, 0.15) is 30.1 Å². The number of halogens is 1. The number of hydrogen-bond acceptors (Lipinski definition) is 3. The predicted octanol–water partition coefficient (Wildman–Crippen LogP) is 3.60. The zero-order valence-electron chi connectivity index (χ0n) is 15.6. The van der Waals surface area contributed by atoms with E-state index in [-0.39, 0.29) is 18.2 Å². The maximum atomic E-state index is 12.0. The van der Waals surface area contributed by atoms with Gasteiger partial charge in [0.2, 0.25) is 5.91 Å². The Labute approximate surface area is 169 Å². The summed E-state index contributed by atoms with van der Waals surface area (Å²) in [4.78, 5) is 26.2. The molecular formula is C21H26BrN3O2. The molecule has 2 N–H and O–H groups in total. The minimum absolute atomic E-state index is 0.0473. The lowest BCUT2D eigenvalue weighted by Crippen LogP contribution is -2.32. The lowest BCUT2D eigenvalue weighted by atomic mass is 10.2. The second kappa shape index (κ2) is 11.4. The average molecular weight is 432 g/mol. The lowest BCUT2D eigenvalue weighted by molar-refractivity contribution is -0.120. The van der Waals surface area contributed by atoms with Crippen molar-refractivity contribution < 1.29 is 9.59 Å². The first kappa shape index (κ1) is 21.0. The van der Waals surface area contributed by atoms with Crippen molar-refractivity contribution in [2.24, 2.45) is 0 Å². The van der Waals surface area contributed by atoms with Crippen molar-refractivity contribution in [1.29, 1.82) is 0 Å². The van der Waals surface area contributed by atoms with Gasteiger partial charge in [-0.25, -0.2) is 0 Å². The van der Waals surface area contributed by atoms with Gasteiger partial charge in [-0.3, -0.25) is 9.59 Å². The van der Waals surface area contributed by atoms with Crippen molar-refractivity contribution in [2.45, 2.75) is 19.8 Å². The Morgan fingerprint density at radius 1 is 0.963 bits per heavy atom. The zero-order valence-corrected chi connectivity index (χ0v) is 17.2. The number of carbonyl (C=O) groups excluding carboxylic acids is 2. The van der Waals surface area contributed by atoms with Crippen LogP contribution in [0.3, 0.4) is 0 Å².